The van der Waals surface area contributed by atoms with E-state index in [0.717, 1.165) is 39.3 Å². The van der Waals surface area contributed by atoms with Crippen molar-refractivity contribution in [3.8, 4) is 5.69 Å². The summed E-state index contributed by atoms with van der Waals surface area (Å²) in [6.07, 6.45) is 2.55. The van der Waals surface area contributed by atoms with E-state index in [4.69, 9.17) is 5.73 Å². The number of nitrogens with two attached hydrogens (primary N) is 1. The number of hydrogen-bond acceptors (Lipinski definition) is 3. The minimum absolute atomic E-state index is 0.650. The van der Waals surface area contributed by atoms with Crippen LogP contribution in [0.3, 0.4) is 0 Å². The molecule has 5 rings (SSSR count). The minimum atomic E-state index is 0.650. The molecule has 0 saturated heterocycles. The lowest BCUT2D eigenvalue weighted by molar-refractivity contribution is 0.892. The first-order valence-corrected chi connectivity index (χ1v) is 8.95. The monoisotopic (exact) mass is 356 g/mol. The molecule has 0 aliphatic heterocycles. The van der Waals surface area contributed by atoms with E-state index in [1.165, 1.54) is 10.9 Å². The van der Waals surface area contributed by atoms with Crippen molar-refractivity contribution in [3.05, 3.63) is 71.3 Å². The number of fused-ring (bicyclic) bond motifs is 2. The van der Waals surface area contributed by atoms with Crippen LogP contribution in [0.2, 0.25) is 0 Å². The van der Waals surface area contributed by atoms with Gasteiger partial charge in [0.1, 0.15) is 11.6 Å². The summed E-state index contributed by atoms with van der Waals surface area (Å²) in [4.78, 5) is 11.2. The molecule has 3 aromatic heterocycles. The Balaban J connectivity index is 1.50. The fourth-order valence-corrected chi connectivity index (χ4v) is 3.65. The Morgan fingerprint density at radius 3 is 2.78 bits per heavy atom. The van der Waals surface area contributed by atoms with Gasteiger partial charge in [-0.05, 0) is 49.7 Å². The van der Waals surface area contributed by atoms with Crippen LogP contribution in [0.1, 0.15) is 22.6 Å². The molecule has 0 aliphatic carbocycles. The molecule has 0 fully saturated rings. The number of nitrogen functional groups attached to an aromatic ring is 1. The number of aromatic nitrogens is 5. The smallest absolute Gasteiger partial charge is 0.130 e. The Morgan fingerprint density at radius 1 is 1.04 bits per heavy atom. The van der Waals surface area contributed by atoms with Crippen molar-refractivity contribution in [2.75, 3.05) is 5.73 Å². The molecule has 27 heavy (non-hydrogen) atoms. The fraction of sp³-hybridized carbons (Fsp3) is 0.143. The highest BCUT2D eigenvalue weighted by molar-refractivity contribution is 5.84. The molecule has 0 saturated carbocycles. The molecule has 0 amide bonds. The van der Waals surface area contributed by atoms with E-state index < -0.39 is 0 Å². The predicted octanol–water partition coefficient (Wildman–Crippen LogP) is 4.02. The Hall–Kier alpha value is -3.54. The number of aromatic amines is 2. The summed E-state index contributed by atoms with van der Waals surface area (Å²) in [5.74, 6) is 1.54. The Kier molecular flexibility index (Phi) is 3.33. The van der Waals surface area contributed by atoms with Gasteiger partial charge in [-0.25, -0.2) is 9.67 Å². The lowest BCUT2D eigenvalue weighted by Crippen LogP contribution is -2.03. The summed E-state index contributed by atoms with van der Waals surface area (Å²) < 4.78 is 1.77. The van der Waals surface area contributed by atoms with E-state index >= 15 is 0 Å². The second-order valence-corrected chi connectivity index (χ2v) is 7.00. The Morgan fingerprint density at radius 2 is 1.93 bits per heavy atom. The van der Waals surface area contributed by atoms with Crippen LogP contribution in [-0.2, 0) is 6.42 Å². The zero-order valence-corrected chi connectivity index (χ0v) is 15.2. The summed E-state index contributed by atoms with van der Waals surface area (Å²) in [5, 5.41) is 5.76. The summed E-state index contributed by atoms with van der Waals surface area (Å²) in [6, 6.07) is 14.5. The number of H-pyrrole nitrogens is 2. The lowest BCUT2D eigenvalue weighted by atomic mass is 10.1. The van der Waals surface area contributed by atoms with E-state index in [0.29, 0.717) is 12.2 Å². The summed E-state index contributed by atoms with van der Waals surface area (Å²) in [6.45, 7) is 4.07. The first-order chi connectivity index (χ1) is 13.1. The first kappa shape index (κ1) is 15.7. The van der Waals surface area contributed by atoms with E-state index in [1.54, 1.807) is 4.68 Å². The molecule has 5 aromatic rings. The molecular formula is C21H20N6. The fourth-order valence-electron chi connectivity index (χ4n) is 3.65. The average molecular weight is 356 g/mol. The molecule has 3 heterocycles. The van der Waals surface area contributed by atoms with Gasteiger partial charge < -0.3 is 15.7 Å². The number of imidazole rings is 1. The first-order valence-electron chi connectivity index (χ1n) is 8.95. The largest absolute Gasteiger partial charge is 0.383 e. The van der Waals surface area contributed by atoms with Crippen LogP contribution in [0.25, 0.3) is 27.6 Å². The van der Waals surface area contributed by atoms with Crippen molar-refractivity contribution < 1.29 is 0 Å². The number of benzene rings is 2. The van der Waals surface area contributed by atoms with Crippen molar-refractivity contribution in [2.45, 2.75) is 20.3 Å². The molecule has 2 aromatic carbocycles. The maximum atomic E-state index is 6.41. The Bertz CT molecular complexity index is 1290. The number of anilines is 1. The van der Waals surface area contributed by atoms with Crippen molar-refractivity contribution in [1.29, 1.82) is 0 Å². The molecule has 6 nitrogen and oxygen atoms in total. The van der Waals surface area contributed by atoms with Crippen molar-refractivity contribution in [1.82, 2.24) is 24.7 Å². The normalized spacial score (nSPS) is 11.6. The third-order valence-electron chi connectivity index (χ3n) is 5.03. The van der Waals surface area contributed by atoms with Gasteiger partial charge in [0, 0.05) is 28.6 Å². The van der Waals surface area contributed by atoms with E-state index in [2.05, 4.69) is 51.2 Å². The number of rotatable bonds is 3. The van der Waals surface area contributed by atoms with Gasteiger partial charge in [-0.2, -0.15) is 5.10 Å². The average Bonchev–Trinajstić information content (AvgIpc) is 3.32. The maximum Gasteiger partial charge on any atom is 0.130 e. The van der Waals surface area contributed by atoms with Gasteiger partial charge in [0.15, 0.2) is 0 Å². The van der Waals surface area contributed by atoms with Crippen molar-refractivity contribution in [2.24, 2.45) is 0 Å². The molecule has 0 unspecified atom stereocenters. The van der Waals surface area contributed by atoms with Gasteiger partial charge in [0.05, 0.1) is 22.9 Å². The summed E-state index contributed by atoms with van der Waals surface area (Å²) in [7, 11) is 0. The second-order valence-electron chi connectivity index (χ2n) is 7.00. The summed E-state index contributed by atoms with van der Waals surface area (Å²) >= 11 is 0. The molecule has 0 radical (unpaired) electrons. The van der Waals surface area contributed by atoms with E-state index in [9.17, 15) is 0 Å². The van der Waals surface area contributed by atoms with Crippen LogP contribution < -0.4 is 5.73 Å². The van der Waals surface area contributed by atoms with Gasteiger partial charge in [-0.3, -0.25) is 0 Å². The van der Waals surface area contributed by atoms with Gasteiger partial charge in [-0.15, -0.1) is 0 Å². The molecule has 0 bridgehead atoms. The highest BCUT2D eigenvalue weighted by Crippen LogP contribution is 2.25. The maximum absolute atomic E-state index is 6.41. The molecule has 0 aliphatic rings. The zero-order valence-electron chi connectivity index (χ0n) is 15.2. The number of aryl methyl sites for hydroxylation is 2. The van der Waals surface area contributed by atoms with Crippen molar-refractivity contribution >= 4 is 27.8 Å². The van der Waals surface area contributed by atoms with Crippen LogP contribution in [0.4, 0.5) is 5.82 Å². The van der Waals surface area contributed by atoms with Crippen LogP contribution in [0.15, 0.2) is 48.7 Å². The van der Waals surface area contributed by atoms with Crippen LogP contribution >= 0.6 is 0 Å². The van der Waals surface area contributed by atoms with E-state index in [-0.39, 0.29) is 0 Å². The molecule has 4 N–H and O–H groups in total. The SMILES string of the molecule is Cc1nc2cc(-n3ncc(Cc4cc5c(C)cccc5[nH]4)c3N)ccc2[nH]1. The van der Waals surface area contributed by atoms with Crippen molar-refractivity contribution in [3.63, 3.8) is 0 Å². The second kappa shape index (κ2) is 5.74. The van der Waals surface area contributed by atoms with Gasteiger partial charge in [0.25, 0.3) is 0 Å². The molecule has 6 heteroatoms. The highest BCUT2D eigenvalue weighted by Gasteiger charge is 2.12. The Labute approximate surface area is 156 Å². The van der Waals surface area contributed by atoms with Gasteiger partial charge in [0.2, 0.25) is 0 Å². The minimum Gasteiger partial charge on any atom is -0.383 e. The number of nitrogens with one attached hydrogen (secondary N) is 2. The third kappa shape index (κ3) is 2.57. The van der Waals surface area contributed by atoms with Crippen LogP contribution in [0.5, 0.6) is 0 Å². The van der Waals surface area contributed by atoms with Gasteiger partial charge >= 0.3 is 0 Å². The molecule has 134 valence electrons. The quantitative estimate of drug-likeness (QED) is 0.456. The number of nitrogens with zero attached hydrogens (tertiary/aromatic N) is 3. The molecular weight excluding hydrogens is 336 g/mol. The molecule has 0 spiro atoms. The lowest BCUT2D eigenvalue weighted by Gasteiger charge is -2.05. The van der Waals surface area contributed by atoms with E-state index in [1.807, 2.05) is 31.3 Å². The zero-order chi connectivity index (χ0) is 18.5. The summed E-state index contributed by atoms with van der Waals surface area (Å²) in [5.41, 5.74) is 13.8. The highest BCUT2D eigenvalue weighted by atomic mass is 15.3. The molecule has 0 atom stereocenters. The van der Waals surface area contributed by atoms with Crippen LogP contribution in [0, 0.1) is 13.8 Å². The van der Waals surface area contributed by atoms with Crippen LogP contribution in [-0.4, -0.2) is 24.7 Å². The number of hydrogen-bond donors (Lipinski definition) is 3. The third-order valence-corrected chi connectivity index (χ3v) is 5.03. The topological polar surface area (TPSA) is 88.3 Å². The standard InChI is InChI=1S/C21H20N6/c1-12-4-3-5-18-17(12)9-15(26-18)8-14-11-23-27(21(14)22)16-6-7-19-20(10-16)25-13(2)24-19/h3-7,9-11,26H,8,22H2,1-2H3,(H,24,25). The predicted molar refractivity (Wildman–Crippen MR) is 108 cm³/mol. The van der Waals surface area contributed by atoms with Gasteiger partial charge in [-0.1, -0.05) is 12.1 Å².